The molecule has 0 bridgehead atoms. The first-order valence-corrected chi connectivity index (χ1v) is 6.16. The third kappa shape index (κ3) is 2.70. The quantitative estimate of drug-likeness (QED) is 0.841. The van der Waals surface area contributed by atoms with Gasteiger partial charge in [0, 0.05) is 6.54 Å². The van der Waals surface area contributed by atoms with Crippen LogP contribution in [0.5, 0.6) is 0 Å². The summed E-state index contributed by atoms with van der Waals surface area (Å²) in [5, 5.41) is 2.82. The van der Waals surface area contributed by atoms with E-state index in [4.69, 9.17) is 4.74 Å². The van der Waals surface area contributed by atoms with Crippen molar-refractivity contribution < 1.29 is 14.3 Å². The molecular formula is C14H18N2O3. The summed E-state index contributed by atoms with van der Waals surface area (Å²) in [6, 6.07) is 7.56. The Hall–Kier alpha value is -2.04. The van der Waals surface area contributed by atoms with E-state index in [2.05, 4.69) is 5.32 Å². The molecule has 0 radical (unpaired) electrons. The van der Waals surface area contributed by atoms with Crippen LogP contribution in [0.3, 0.4) is 0 Å². The van der Waals surface area contributed by atoms with Crippen molar-refractivity contribution in [3.8, 4) is 0 Å². The lowest BCUT2D eigenvalue weighted by Gasteiger charge is -2.35. The van der Waals surface area contributed by atoms with E-state index in [-0.39, 0.29) is 18.4 Å². The molecule has 0 spiro atoms. The molecule has 1 aliphatic rings. The van der Waals surface area contributed by atoms with Crippen LogP contribution >= 0.6 is 0 Å². The van der Waals surface area contributed by atoms with Crippen molar-refractivity contribution in [3.05, 3.63) is 24.3 Å². The molecule has 1 heterocycles. The van der Waals surface area contributed by atoms with Gasteiger partial charge in [0.05, 0.1) is 30.4 Å². The molecule has 19 heavy (non-hydrogen) atoms. The first-order valence-electron chi connectivity index (χ1n) is 6.16. The number of methoxy groups -OCH3 is 1. The summed E-state index contributed by atoms with van der Waals surface area (Å²) in [7, 11) is 1.38. The SMILES string of the molecule is COC(=O)C(C)(C)CN1CC(=O)Nc2ccccc21. The van der Waals surface area contributed by atoms with Crippen LogP contribution in [0.1, 0.15) is 13.8 Å². The lowest BCUT2D eigenvalue weighted by Crippen LogP contribution is -2.45. The number of esters is 1. The van der Waals surface area contributed by atoms with Crippen LogP contribution in [0.2, 0.25) is 0 Å². The fraction of sp³-hybridized carbons (Fsp3) is 0.429. The van der Waals surface area contributed by atoms with Crippen molar-refractivity contribution in [2.24, 2.45) is 5.41 Å². The molecule has 0 saturated heterocycles. The van der Waals surface area contributed by atoms with Gasteiger partial charge in [-0.3, -0.25) is 9.59 Å². The number of para-hydroxylation sites is 2. The van der Waals surface area contributed by atoms with Crippen molar-refractivity contribution in [1.29, 1.82) is 0 Å². The predicted octanol–water partition coefficient (Wildman–Crippen LogP) is 1.64. The topological polar surface area (TPSA) is 58.6 Å². The lowest BCUT2D eigenvalue weighted by molar-refractivity contribution is -0.150. The van der Waals surface area contributed by atoms with E-state index in [1.807, 2.05) is 43.0 Å². The van der Waals surface area contributed by atoms with Gasteiger partial charge in [-0.1, -0.05) is 12.1 Å². The van der Waals surface area contributed by atoms with Gasteiger partial charge >= 0.3 is 5.97 Å². The Morgan fingerprint density at radius 1 is 1.42 bits per heavy atom. The van der Waals surface area contributed by atoms with Crippen molar-refractivity contribution in [2.75, 3.05) is 30.4 Å². The summed E-state index contributed by atoms with van der Waals surface area (Å²) in [4.78, 5) is 25.4. The first-order chi connectivity index (χ1) is 8.94. The molecule has 1 aromatic rings. The maximum absolute atomic E-state index is 11.8. The minimum Gasteiger partial charge on any atom is -0.469 e. The van der Waals surface area contributed by atoms with Crippen molar-refractivity contribution in [2.45, 2.75) is 13.8 Å². The van der Waals surface area contributed by atoms with E-state index < -0.39 is 5.41 Å². The highest BCUT2D eigenvalue weighted by Crippen LogP contribution is 2.31. The highest BCUT2D eigenvalue weighted by atomic mass is 16.5. The minimum absolute atomic E-state index is 0.0700. The molecule has 0 aliphatic carbocycles. The van der Waals surface area contributed by atoms with Crippen molar-refractivity contribution in [3.63, 3.8) is 0 Å². The highest BCUT2D eigenvalue weighted by molar-refractivity contribution is 6.01. The van der Waals surface area contributed by atoms with Crippen molar-refractivity contribution in [1.82, 2.24) is 0 Å². The number of carbonyl (C=O) groups is 2. The molecule has 1 aliphatic heterocycles. The van der Waals surface area contributed by atoms with Crippen LogP contribution in [-0.4, -0.2) is 32.1 Å². The zero-order chi connectivity index (χ0) is 14.0. The van der Waals surface area contributed by atoms with Crippen molar-refractivity contribution >= 4 is 23.3 Å². The smallest absolute Gasteiger partial charge is 0.313 e. The number of benzene rings is 1. The maximum atomic E-state index is 11.8. The predicted molar refractivity (Wildman–Crippen MR) is 73.1 cm³/mol. The van der Waals surface area contributed by atoms with E-state index in [1.165, 1.54) is 7.11 Å². The van der Waals surface area contributed by atoms with Gasteiger partial charge < -0.3 is 15.0 Å². The van der Waals surface area contributed by atoms with Gasteiger partial charge in [-0.25, -0.2) is 0 Å². The molecule has 0 unspecified atom stereocenters. The third-order valence-electron chi connectivity index (χ3n) is 3.18. The Balaban J connectivity index is 2.26. The number of carbonyl (C=O) groups excluding carboxylic acids is 2. The summed E-state index contributed by atoms with van der Waals surface area (Å²) in [5.41, 5.74) is 1.04. The fourth-order valence-corrected chi connectivity index (χ4v) is 2.26. The third-order valence-corrected chi connectivity index (χ3v) is 3.18. The van der Waals surface area contributed by atoms with Crippen LogP contribution in [0, 0.1) is 5.41 Å². The largest absolute Gasteiger partial charge is 0.469 e. The Bertz CT molecular complexity index is 511. The van der Waals surface area contributed by atoms with Crippen LogP contribution in [-0.2, 0) is 14.3 Å². The fourth-order valence-electron chi connectivity index (χ4n) is 2.26. The molecular weight excluding hydrogens is 244 g/mol. The number of hydrogen-bond acceptors (Lipinski definition) is 4. The molecule has 1 N–H and O–H groups in total. The average Bonchev–Trinajstić information content (AvgIpc) is 2.37. The molecule has 102 valence electrons. The monoisotopic (exact) mass is 262 g/mol. The summed E-state index contributed by atoms with van der Waals surface area (Å²) in [6.45, 7) is 4.31. The lowest BCUT2D eigenvalue weighted by atomic mass is 9.92. The molecule has 1 aromatic carbocycles. The van der Waals surface area contributed by atoms with E-state index >= 15 is 0 Å². The number of hydrogen-bond donors (Lipinski definition) is 1. The number of anilines is 2. The van der Waals surface area contributed by atoms with Crippen LogP contribution < -0.4 is 10.2 Å². The number of fused-ring (bicyclic) bond motifs is 1. The van der Waals surface area contributed by atoms with Gasteiger partial charge in [0.2, 0.25) is 5.91 Å². The standard InChI is InChI=1S/C14H18N2O3/c1-14(2,13(18)19-3)9-16-8-12(17)15-10-6-4-5-7-11(10)16/h4-7H,8-9H2,1-3H3,(H,15,17). The van der Waals surface area contributed by atoms with Gasteiger partial charge in [-0.2, -0.15) is 0 Å². The molecule has 1 amide bonds. The zero-order valence-corrected chi connectivity index (χ0v) is 11.4. The van der Waals surface area contributed by atoms with Crippen LogP contribution in [0.4, 0.5) is 11.4 Å². The maximum Gasteiger partial charge on any atom is 0.313 e. The number of rotatable bonds is 3. The van der Waals surface area contributed by atoms with Gasteiger partial charge in [-0.05, 0) is 26.0 Å². The number of ether oxygens (including phenoxy) is 1. The van der Waals surface area contributed by atoms with E-state index in [0.717, 1.165) is 11.4 Å². The second kappa shape index (κ2) is 4.91. The Morgan fingerprint density at radius 2 is 2.11 bits per heavy atom. The molecule has 5 heteroatoms. The summed E-state index contributed by atoms with van der Waals surface area (Å²) >= 11 is 0. The van der Waals surface area contributed by atoms with Gasteiger partial charge in [0.15, 0.2) is 0 Å². The molecule has 0 saturated carbocycles. The number of nitrogens with zero attached hydrogens (tertiary/aromatic N) is 1. The van der Waals surface area contributed by atoms with Gasteiger partial charge in [-0.15, -0.1) is 0 Å². The highest BCUT2D eigenvalue weighted by Gasteiger charge is 2.34. The number of amides is 1. The molecule has 0 aromatic heterocycles. The summed E-state index contributed by atoms with van der Waals surface area (Å²) in [6.07, 6.45) is 0. The summed E-state index contributed by atoms with van der Waals surface area (Å²) in [5.74, 6) is -0.352. The van der Waals surface area contributed by atoms with E-state index in [9.17, 15) is 9.59 Å². The second-order valence-corrected chi connectivity index (χ2v) is 5.30. The van der Waals surface area contributed by atoms with E-state index in [1.54, 1.807) is 0 Å². The molecule has 0 fully saturated rings. The second-order valence-electron chi connectivity index (χ2n) is 5.30. The van der Waals surface area contributed by atoms with Gasteiger partial charge in [0.25, 0.3) is 0 Å². The number of nitrogens with one attached hydrogen (secondary N) is 1. The minimum atomic E-state index is -0.667. The van der Waals surface area contributed by atoms with E-state index in [0.29, 0.717) is 6.54 Å². The average molecular weight is 262 g/mol. The Kier molecular flexibility index (Phi) is 3.46. The first kappa shape index (κ1) is 13.4. The molecule has 5 nitrogen and oxygen atoms in total. The Morgan fingerprint density at radius 3 is 2.79 bits per heavy atom. The van der Waals surface area contributed by atoms with Gasteiger partial charge in [0.1, 0.15) is 0 Å². The Labute approximate surface area is 112 Å². The molecule has 0 atom stereocenters. The normalized spacial score (nSPS) is 14.7. The zero-order valence-electron chi connectivity index (χ0n) is 11.4. The van der Waals surface area contributed by atoms with Crippen LogP contribution in [0.15, 0.2) is 24.3 Å². The van der Waals surface area contributed by atoms with Crippen LogP contribution in [0.25, 0.3) is 0 Å². The molecule has 2 rings (SSSR count). The summed E-state index contributed by atoms with van der Waals surface area (Å²) < 4.78 is 4.81.